The van der Waals surface area contributed by atoms with Crippen molar-refractivity contribution < 1.29 is 19.4 Å². The molecule has 0 aliphatic heterocycles. The van der Waals surface area contributed by atoms with Crippen LogP contribution in [0.3, 0.4) is 0 Å². The van der Waals surface area contributed by atoms with Crippen LogP contribution in [-0.4, -0.2) is 23.1 Å². The van der Waals surface area contributed by atoms with Crippen LogP contribution >= 0.6 is 0 Å². The Labute approximate surface area is 96.3 Å². The largest absolute Gasteiger partial charge is 0.477 e. The Kier molecular flexibility index (Phi) is 6.46. The van der Waals surface area contributed by atoms with Crippen molar-refractivity contribution in [3.63, 3.8) is 0 Å². The maximum atomic E-state index is 11.3. The van der Waals surface area contributed by atoms with E-state index in [1.54, 1.807) is 0 Å². The third-order valence-corrected chi connectivity index (χ3v) is 2.60. The zero-order valence-corrected chi connectivity index (χ0v) is 10.2. The molecular weight excluding hydrogens is 208 g/mol. The summed E-state index contributed by atoms with van der Waals surface area (Å²) in [4.78, 5) is 21.8. The van der Waals surface area contributed by atoms with E-state index in [1.807, 2.05) is 6.92 Å². The van der Waals surface area contributed by atoms with E-state index in [0.29, 0.717) is 12.3 Å². The van der Waals surface area contributed by atoms with Gasteiger partial charge in [-0.25, -0.2) is 9.59 Å². The van der Waals surface area contributed by atoms with Crippen molar-refractivity contribution >= 4 is 11.9 Å². The molecule has 0 fully saturated rings. The highest BCUT2D eigenvalue weighted by molar-refractivity contribution is 6.12. The molecule has 92 valence electrons. The number of ether oxygens (including phenoxy) is 1. The van der Waals surface area contributed by atoms with Crippen molar-refractivity contribution in [1.82, 2.24) is 0 Å². The van der Waals surface area contributed by atoms with Gasteiger partial charge in [0.2, 0.25) is 0 Å². The molecule has 4 heteroatoms. The predicted octanol–water partition coefficient (Wildman–Crippen LogP) is 2.39. The van der Waals surface area contributed by atoms with Gasteiger partial charge in [-0.15, -0.1) is 0 Å². The monoisotopic (exact) mass is 228 g/mol. The Morgan fingerprint density at radius 1 is 1.31 bits per heavy atom. The molecule has 0 rings (SSSR count). The fourth-order valence-corrected chi connectivity index (χ4v) is 1.22. The molecule has 0 aromatic heterocycles. The average molecular weight is 228 g/mol. The Bertz CT molecular complexity index is 270. The highest BCUT2D eigenvalue weighted by Crippen LogP contribution is 2.16. The van der Waals surface area contributed by atoms with E-state index < -0.39 is 17.5 Å². The van der Waals surface area contributed by atoms with Crippen molar-refractivity contribution in [2.45, 2.75) is 46.1 Å². The van der Waals surface area contributed by atoms with Crippen molar-refractivity contribution in [1.29, 1.82) is 0 Å². The Hall–Kier alpha value is -1.32. The number of hydrogen-bond acceptors (Lipinski definition) is 3. The van der Waals surface area contributed by atoms with E-state index in [1.165, 1.54) is 0 Å². The minimum atomic E-state index is -1.33. The van der Waals surface area contributed by atoms with Gasteiger partial charge in [0, 0.05) is 0 Å². The van der Waals surface area contributed by atoms with E-state index >= 15 is 0 Å². The second kappa shape index (κ2) is 7.04. The molecule has 0 aromatic carbocycles. The summed E-state index contributed by atoms with van der Waals surface area (Å²) in [5.74, 6) is -1.71. The lowest BCUT2D eigenvalue weighted by molar-refractivity contribution is -0.148. The zero-order valence-electron chi connectivity index (χ0n) is 10.2. The second-order valence-corrected chi connectivity index (χ2v) is 3.97. The highest BCUT2D eigenvalue weighted by atomic mass is 16.5. The van der Waals surface area contributed by atoms with Crippen LogP contribution in [0, 0.1) is 5.92 Å². The molecule has 0 saturated carbocycles. The normalized spacial score (nSPS) is 13.9. The van der Waals surface area contributed by atoms with Crippen LogP contribution in [-0.2, 0) is 14.3 Å². The first kappa shape index (κ1) is 14.7. The van der Waals surface area contributed by atoms with Gasteiger partial charge in [-0.2, -0.15) is 0 Å². The first-order valence-electron chi connectivity index (χ1n) is 5.55. The van der Waals surface area contributed by atoms with E-state index in [2.05, 4.69) is 20.4 Å². The van der Waals surface area contributed by atoms with E-state index in [0.717, 1.165) is 12.8 Å². The zero-order chi connectivity index (χ0) is 12.7. The van der Waals surface area contributed by atoms with Gasteiger partial charge in [-0.05, 0) is 18.8 Å². The third-order valence-electron chi connectivity index (χ3n) is 2.60. The Balaban J connectivity index is 4.27. The summed E-state index contributed by atoms with van der Waals surface area (Å²) in [6, 6.07) is 0. The van der Waals surface area contributed by atoms with Gasteiger partial charge >= 0.3 is 11.9 Å². The van der Waals surface area contributed by atoms with Gasteiger partial charge in [0.05, 0.1) is 0 Å². The van der Waals surface area contributed by atoms with Gasteiger partial charge < -0.3 is 9.84 Å². The summed E-state index contributed by atoms with van der Waals surface area (Å²) in [7, 11) is 0. The van der Waals surface area contributed by atoms with Gasteiger partial charge in [0.15, 0.2) is 0 Å². The minimum Gasteiger partial charge on any atom is -0.477 e. The fraction of sp³-hybridized carbons (Fsp3) is 0.667. The number of aliphatic carboxylic acids is 1. The molecule has 0 saturated heterocycles. The van der Waals surface area contributed by atoms with Gasteiger partial charge in [0.1, 0.15) is 11.7 Å². The van der Waals surface area contributed by atoms with Crippen molar-refractivity contribution in [3.05, 3.63) is 12.2 Å². The molecule has 2 atom stereocenters. The Morgan fingerprint density at radius 3 is 2.25 bits per heavy atom. The summed E-state index contributed by atoms with van der Waals surface area (Å²) in [6.07, 6.45) is 2.22. The third kappa shape index (κ3) is 4.96. The molecule has 0 heterocycles. The van der Waals surface area contributed by atoms with Crippen LogP contribution in [0.15, 0.2) is 12.2 Å². The summed E-state index contributed by atoms with van der Waals surface area (Å²) >= 11 is 0. The number of carboxylic acids is 1. The summed E-state index contributed by atoms with van der Waals surface area (Å²) in [5.41, 5.74) is -0.511. The van der Waals surface area contributed by atoms with Crippen molar-refractivity contribution in [3.8, 4) is 0 Å². The highest BCUT2D eigenvalue weighted by Gasteiger charge is 2.20. The summed E-state index contributed by atoms with van der Waals surface area (Å²) < 4.78 is 5.08. The van der Waals surface area contributed by atoms with E-state index in [-0.39, 0.29) is 6.10 Å². The number of rotatable bonds is 7. The average Bonchev–Trinajstić information content (AvgIpc) is 2.26. The molecule has 0 aliphatic carbocycles. The second-order valence-electron chi connectivity index (χ2n) is 3.97. The molecule has 0 spiro atoms. The lowest BCUT2D eigenvalue weighted by atomic mass is 10.00. The molecule has 1 N–H and O–H groups in total. The number of esters is 1. The first-order chi connectivity index (χ1) is 7.42. The topological polar surface area (TPSA) is 63.6 Å². The number of carbonyl (C=O) groups excluding carboxylic acids is 1. The van der Waals surface area contributed by atoms with Gasteiger partial charge in [0.25, 0.3) is 0 Å². The first-order valence-corrected chi connectivity index (χ1v) is 5.55. The maximum absolute atomic E-state index is 11.3. The van der Waals surface area contributed by atoms with Crippen LogP contribution in [0.4, 0.5) is 0 Å². The minimum absolute atomic E-state index is 0.224. The number of carboxylic acid groups (broad SMARTS) is 1. The van der Waals surface area contributed by atoms with Crippen LogP contribution in [0.2, 0.25) is 0 Å². The predicted molar refractivity (Wildman–Crippen MR) is 61.0 cm³/mol. The van der Waals surface area contributed by atoms with Gasteiger partial charge in [-0.1, -0.05) is 33.8 Å². The van der Waals surface area contributed by atoms with Crippen LogP contribution in [0.1, 0.15) is 40.0 Å². The standard InChI is InChI=1S/C12H20O4/c1-5-8(3)7-10(6-2)16-12(15)9(4)11(13)14/h8,10H,4-7H2,1-3H3,(H,13,14). The number of hydrogen-bond donors (Lipinski definition) is 1. The molecular formula is C12H20O4. The number of carbonyl (C=O) groups is 2. The lowest BCUT2D eigenvalue weighted by Crippen LogP contribution is -2.23. The summed E-state index contributed by atoms with van der Waals surface area (Å²) in [6.45, 7) is 9.21. The van der Waals surface area contributed by atoms with Crippen LogP contribution in [0.25, 0.3) is 0 Å². The molecule has 0 bridgehead atoms. The smallest absolute Gasteiger partial charge is 0.345 e. The molecule has 4 nitrogen and oxygen atoms in total. The summed E-state index contributed by atoms with van der Waals surface area (Å²) in [5, 5.41) is 8.57. The van der Waals surface area contributed by atoms with Gasteiger partial charge in [-0.3, -0.25) is 0 Å². The van der Waals surface area contributed by atoms with E-state index in [9.17, 15) is 9.59 Å². The quantitative estimate of drug-likeness (QED) is 0.314. The lowest BCUT2D eigenvalue weighted by Gasteiger charge is -2.19. The Morgan fingerprint density at radius 2 is 1.88 bits per heavy atom. The molecule has 16 heavy (non-hydrogen) atoms. The SMILES string of the molecule is C=C(C(=O)O)C(=O)OC(CC)CC(C)CC. The molecule has 2 unspecified atom stereocenters. The fourth-order valence-electron chi connectivity index (χ4n) is 1.22. The van der Waals surface area contributed by atoms with Crippen molar-refractivity contribution in [2.24, 2.45) is 5.92 Å². The maximum Gasteiger partial charge on any atom is 0.345 e. The van der Waals surface area contributed by atoms with Crippen LogP contribution < -0.4 is 0 Å². The molecule has 0 aromatic rings. The molecule has 0 radical (unpaired) electrons. The van der Waals surface area contributed by atoms with Crippen LogP contribution in [0.5, 0.6) is 0 Å². The van der Waals surface area contributed by atoms with E-state index in [4.69, 9.17) is 9.84 Å². The molecule has 0 aliphatic rings. The molecule has 0 amide bonds. The van der Waals surface area contributed by atoms with Crippen molar-refractivity contribution in [2.75, 3.05) is 0 Å².